The quantitative estimate of drug-likeness (QED) is 0.651. The predicted octanol–water partition coefficient (Wildman–Crippen LogP) is 4.81. The van der Waals surface area contributed by atoms with Crippen LogP contribution in [0.5, 0.6) is 0 Å². The van der Waals surface area contributed by atoms with E-state index in [1.165, 1.54) is 44.2 Å². The van der Waals surface area contributed by atoms with Gasteiger partial charge in [-0.2, -0.15) is 0 Å². The van der Waals surface area contributed by atoms with Crippen LogP contribution >= 0.6 is 27.3 Å². The van der Waals surface area contributed by atoms with Crippen molar-refractivity contribution in [2.75, 3.05) is 0 Å². The molecule has 0 saturated carbocycles. The Kier molecular flexibility index (Phi) is 6.45. The second-order valence-corrected chi connectivity index (χ2v) is 5.74. The van der Waals surface area contributed by atoms with Gasteiger partial charge in [0.05, 0.1) is 5.69 Å². The molecule has 0 aliphatic heterocycles. The van der Waals surface area contributed by atoms with Crippen LogP contribution < -0.4 is 0 Å². The average Bonchev–Trinajstić information content (AvgIpc) is 2.58. The molecule has 1 nitrogen and oxygen atoms in total. The molecule has 0 bridgehead atoms. The van der Waals surface area contributed by atoms with E-state index < -0.39 is 0 Å². The van der Waals surface area contributed by atoms with Gasteiger partial charge < -0.3 is 0 Å². The molecule has 0 amide bonds. The van der Waals surface area contributed by atoms with Crippen molar-refractivity contribution < 1.29 is 0 Å². The van der Waals surface area contributed by atoms with Crippen LogP contribution in [-0.2, 0) is 6.42 Å². The second kappa shape index (κ2) is 7.41. The first kappa shape index (κ1) is 12.2. The Morgan fingerprint density at radius 2 is 1.93 bits per heavy atom. The second-order valence-electron chi connectivity index (χ2n) is 3.61. The van der Waals surface area contributed by atoms with Gasteiger partial charge in [-0.25, -0.2) is 4.98 Å². The number of unbranched alkanes of at least 4 members (excludes halogenated alkanes) is 5. The molecule has 0 aromatic carbocycles. The molecule has 80 valence electrons. The Bertz CT molecular complexity index is 247. The van der Waals surface area contributed by atoms with E-state index in [2.05, 4.69) is 33.2 Å². The molecule has 0 atom stereocenters. The van der Waals surface area contributed by atoms with Crippen molar-refractivity contribution in [2.24, 2.45) is 0 Å². The van der Waals surface area contributed by atoms with E-state index in [4.69, 9.17) is 0 Å². The number of hydrogen-bond donors (Lipinski definition) is 0. The highest BCUT2D eigenvalue weighted by Gasteiger charge is 1.98. The third kappa shape index (κ3) is 5.11. The third-order valence-corrected chi connectivity index (χ3v) is 3.72. The van der Waals surface area contributed by atoms with Crippen molar-refractivity contribution in [3.8, 4) is 0 Å². The Morgan fingerprint density at radius 1 is 1.21 bits per heavy atom. The van der Waals surface area contributed by atoms with Crippen molar-refractivity contribution in [3.05, 3.63) is 15.0 Å². The molecular weight excluding hydrogens is 258 g/mol. The van der Waals surface area contributed by atoms with Crippen LogP contribution in [0, 0.1) is 0 Å². The van der Waals surface area contributed by atoms with Crippen LogP contribution in [0.3, 0.4) is 0 Å². The summed E-state index contributed by atoms with van der Waals surface area (Å²) in [5, 5.41) is 2.15. The normalized spacial score (nSPS) is 10.7. The molecule has 0 unspecified atom stereocenters. The lowest BCUT2D eigenvalue weighted by Gasteiger charge is -1.98. The van der Waals surface area contributed by atoms with Crippen LogP contribution in [0.2, 0.25) is 0 Å². The summed E-state index contributed by atoms with van der Waals surface area (Å²) in [6.45, 7) is 2.26. The maximum atomic E-state index is 4.38. The highest BCUT2D eigenvalue weighted by Crippen LogP contribution is 2.17. The largest absolute Gasteiger partial charge is 0.234 e. The van der Waals surface area contributed by atoms with Crippen molar-refractivity contribution in [1.82, 2.24) is 4.98 Å². The smallest absolute Gasteiger partial charge is 0.159 e. The van der Waals surface area contributed by atoms with E-state index in [9.17, 15) is 0 Å². The number of rotatable bonds is 7. The molecule has 0 aliphatic carbocycles. The number of nitrogens with zero attached hydrogens (tertiary/aromatic N) is 1. The summed E-state index contributed by atoms with van der Waals surface area (Å²) in [6.07, 6.45) is 9.31. The van der Waals surface area contributed by atoms with E-state index in [-0.39, 0.29) is 0 Å². The molecule has 0 aliphatic rings. The Hall–Kier alpha value is 0.110. The highest BCUT2D eigenvalue weighted by molar-refractivity contribution is 9.11. The molecule has 1 aromatic rings. The van der Waals surface area contributed by atoms with Crippen molar-refractivity contribution in [3.63, 3.8) is 0 Å². The minimum absolute atomic E-state index is 1.01. The van der Waals surface area contributed by atoms with Gasteiger partial charge in [0.15, 0.2) is 3.92 Å². The molecule has 0 saturated heterocycles. The fourth-order valence-electron chi connectivity index (χ4n) is 1.48. The molecule has 1 heterocycles. The van der Waals surface area contributed by atoms with E-state index in [1.54, 1.807) is 11.3 Å². The average molecular weight is 276 g/mol. The van der Waals surface area contributed by atoms with Gasteiger partial charge in [-0.15, -0.1) is 11.3 Å². The van der Waals surface area contributed by atoms with Crippen LogP contribution in [0.4, 0.5) is 0 Å². The molecular formula is C11H18BrNS. The third-order valence-electron chi connectivity index (χ3n) is 2.31. The first-order valence-corrected chi connectivity index (χ1v) is 7.10. The van der Waals surface area contributed by atoms with Gasteiger partial charge in [-0.05, 0) is 28.8 Å². The lowest BCUT2D eigenvalue weighted by molar-refractivity contribution is 0.605. The number of aromatic nitrogens is 1. The lowest BCUT2D eigenvalue weighted by atomic mass is 10.1. The molecule has 14 heavy (non-hydrogen) atoms. The molecule has 1 aromatic heterocycles. The minimum atomic E-state index is 1.01. The van der Waals surface area contributed by atoms with Gasteiger partial charge in [0.25, 0.3) is 0 Å². The van der Waals surface area contributed by atoms with Gasteiger partial charge >= 0.3 is 0 Å². The summed E-state index contributed by atoms with van der Waals surface area (Å²) < 4.78 is 1.01. The van der Waals surface area contributed by atoms with E-state index >= 15 is 0 Å². The zero-order chi connectivity index (χ0) is 10.2. The molecule has 0 radical (unpaired) electrons. The molecule has 0 N–H and O–H groups in total. The monoisotopic (exact) mass is 275 g/mol. The molecule has 1 rings (SSSR count). The summed E-state index contributed by atoms with van der Waals surface area (Å²) in [4.78, 5) is 4.38. The first-order chi connectivity index (χ1) is 6.83. The van der Waals surface area contributed by atoms with E-state index in [0.717, 1.165) is 10.3 Å². The van der Waals surface area contributed by atoms with Gasteiger partial charge in [-0.1, -0.05) is 39.0 Å². The predicted molar refractivity (Wildman–Crippen MR) is 66.9 cm³/mol. The summed E-state index contributed by atoms with van der Waals surface area (Å²) in [6, 6.07) is 0. The van der Waals surface area contributed by atoms with Crippen molar-refractivity contribution in [1.29, 1.82) is 0 Å². The summed E-state index contributed by atoms with van der Waals surface area (Å²) in [7, 11) is 0. The van der Waals surface area contributed by atoms with Crippen LogP contribution in [0.1, 0.15) is 51.1 Å². The van der Waals surface area contributed by atoms with Gasteiger partial charge in [0.1, 0.15) is 0 Å². The van der Waals surface area contributed by atoms with Gasteiger partial charge in [0, 0.05) is 5.38 Å². The molecule has 0 fully saturated rings. The summed E-state index contributed by atoms with van der Waals surface area (Å²) in [5.41, 5.74) is 1.25. The number of hydrogen-bond acceptors (Lipinski definition) is 2. The Morgan fingerprint density at radius 3 is 2.57 bits per heavy atom. The van der Waals surface area contributed by atoms with Crippen LogP contribution in [0.25, 0.3) is 0 Å². The zero-order valence-corrected chi connectivity index (χ0v) is 11.2. The fraction of sp³-hybridized carbons (Fsp3) is 0.727. The van der Waals surface area contributed by atoms with E-state index in [1.807, 2.05) is 0 Å². The van der Waals surface area contributed by atoms with Crippen molar-refractivity contribution in [2.45, 2.75) is 51.9 Å². The van der Waals surface area contributed by atoms with Crippen LogP contribution in [-0.4, -0.2) is 4.98 Å². The molecule has 3 heteroatoms. The molecule has 0 spiro atoms. The van der Waals surface area contributed by atoms with Crippen molar-refractivity contribution >= 4 is 27.3 Å². The maximum Gasteiger partial charge on any atom is 0.159 e. The van der Waals surface area contributed by atoms with E-state index in [0.29, 0.717) is 0 Å². The minimum Gasteiger partial charge on any atom is -0.234 e. The van der Waals surface area contributed by atoms with Crippen LogP contribution in [0.15, 0.2) is 9.30 Å². The number of halogens is 1. The van der Waals surface area contributed by atoms with Gasteiger partial charge in [-0.3, -0.25) is 0 Å². The standard InChI is InChI=1S/C11H18BrNS/c1-2-3-4-5-6-7-8-10-9-14-11(12)13-10/h9H,2-8H2,1H3. The van der Waals surface area contributed by atoms with Gasteiger partial charge in [0.2, 0.25) is 0 Å². The first-order valence-electron chi connectivity index (χ1n) is 5.43. The highest BCUT2D eigenvalue weighted by atomic mass is 79.9. The topological polar surface area (TPSA) is 12.9 Å². The Labute approximate surface area is 99.1 Å². The SMILES string of the molecule is CCCCCCCCc1csc(Br)n1. The fourth-order valence-corrected chi connectivity index (χ4v) is 2.57. The summed E-state index contributed by atoms with van der Waals surface area (Å²) >= 11 is 5.06. The lowest BCUT2D eigenvalue weighted by Crippen LogP contribution is -1.86. The number of aryl methyl sites for hydroxylation is 1. The summed E-state index contributed by atoms with van der Waals surface area (Å²) in [5.74, 6) is 0. The zero-order valence-electron chi connectivity index (χ0n) is 8.76. The maximum absolute atomic E-state index is 4.38. The Balaban J connectivity index is 1.99. The number of thiazole rings is 1.